The van der Waals surface area contributed by atoms with E-state index in [-0.39, 0.29) is 6.04 Å². The molecular weight excluding hydrogens is 260 g/mol. The molecule has 0 aromatic rings. The Morgan fingerprint density at radius 1 is 1.33 bits per heavy atom. The van der Waals surface area contributed by atoms with Crippen molar-refractivity contribution in [2.75, 3.05) is 0 Å². The second-order valence-corrected chi connectivity index (χ2v) is 5.78. The highest BCUT2D eigenvalue weighted by atomic mass is 32.2. The van der Waals surface area contributed by atoms with Crippen LogP contribution in [0, 0.1) is 0 Å². The van der Waals surface area contributed by atoms with Crippen molar-refractivity contribution in [3.05, 3.63) is 10.5 Å². The average molecular weight is 272 g/mol. The van der Waals surface area contributed by atoms with Crippen molar-refractivity contribution in [3.8, 4) is 0 Å². The van der Waals surface area contributed by atoms with Crippen molar-refractivity contribution >= 4 is 28.1 Å². The third kappa shape index (κ3) is 2.28. The number of hydrogen-bond donors (Lipinski definition) is 2. The molecule has 1 saturated carbocycles. The van der Waals surface area contributed by atoms with E-state index in [1.165, 1.54) is 0 Å². The van der Waals surface area contributed by atoms with E-state index in [9.17, 15) is 18.0 Å². The maximum Gasteiger partial charge on any atom is 0.338 e. The SMILES string of the molecule is O=C(O)C1=C(C(=O)NC2CCCC2)S(=O)(=O)N=C1. The molecule has 0 saturated heterocycles. The Morgan fingerprint density at radius 3 is 2.50 bits per heavy atom. The van der Waals surface area contributed by atoms with Gasteiger partial charge in [0.1, 0.15) is 5.57 Å². The zero-order valence-electron chi connectivity index (χ0n) is 9.42. The number of nitrogens with one attached hydrogen (secondary N) is 1. The molecule has 0 radical (unpaired) electrons. The van der Waals surface area contributed by atoms with Crippen molar-refractivity contribution in [3.63, 3.8) is 0 Å². The highest BCUT2D eigenvalue weighted by Gasteiger charge is 2.36. The fourth-order valence-electron chi connectivity index (χ4n) is 2.09. The smallest absolute Gasteiger partial charge is 0.338 e. The highest BCUT2D eigenvalue weighted by Crippen LogP contribution is 2.23. The van der Waals surface area contributed by atoms with Gasteiger partial charge in [0.25, 0.3) is 15.9 Å². The van der Waals surface area contributed by atoms with Gasteiger partial charge in [-0.2, -0.15) is 12.8 Å². The van der Waals surface area contributed by atoms with E-state index in [4.69, 9.17) is 5.11 Å². The summed E-state index contributed by atoms with van der Waals surface area (Å²) in [4.78, 5) is 21.9. The van der Waals surface area contributed by atoms with Crippen LogP contribution in [0.5, 0.6) is 0 Å². The second kappa shape index (κ2) is 4.52. The van der Waals surface area contributed by atoms with Gasteiger partial charge in [-0.25, -0.2) is 4.79 Å². The third-order valence-electron chi connectivity index (χ3n) is 2.95. The summed E-state index contributed by atoms with van der Waals surface area (Å²) in [6, 6.07) is -0.0872. The number of aliphatic carboxylic acids is 1. The standard InChI is InChI=1S/C10H12N2O5S/c13-9(12-6-3-1-2-4-6)8-7(10(14)15)5-11-18(8,16)17/h5-6H,1-4H2,(H,12,13)(H,14,15). The second-order valence-electron chi connectivity index (χ2n) is 4.21. The number of amides is 1. The largest absolute Gasteiger partial charge is 0.478 e. The number of carbonyl (C=O) groups excluding carboxylic acids is 1. The molecule has 0 bridgehead atoms. The minimum absolute atomic E-state index is 0.0872. The van der Waals surface area contributed by atoms with Crippen LogP contribution in [0.1, 0.15) is 25.7 Å². The lowest BCUT2D eigenvalue weighted by atomic mass is 10.2. The summed E-state index contributed by atoms with van der Waals surface area (Å²) in [5.74, 6) is -2.35. The van der Waals surface area contributed by atoms with Gasteiger partial charge in [0, 0.05) is 6.04 Å². The molecule has 0 atom stereocenters. The Balaban J connectivity index is 2.26. The minimum atomic E-state index is -4.17. The van der Waals surface area contributed by atoms with Gasteiger partial charge in [0.05, 0.1) is 6.21 Å². The summed E-state index contributed by atoms with van der Waals surface area (Å²) < 4.78 is 26.1. The zero-order valence-corrected chi connectivity index (χ0v) is 10.2. The Kier molecular flexibility index (Phi) is 3.20. The normalized spacial score (nSPS) is 22.4. The molecule has 1 heterocycles. The molecule has 7 nitrogen and oxygen atoms in total. The van der Waals surface area contributed by atoms with Gasteiger partial charge in [-0.05, 0) is 12.8 Å². The van der Waals surface area contributed by atoms with Gasteiger partial charge in [-0.3, -0.25) is 4.79 Å². The fourth-order valence-corrected chi connectivity index (χ4v) is 3.15. The molecule has 2 aliphatic rings. The first kappa shape index (κ1) is 12.7. The summed E-state index contributed by atoms with van der Waals surface area (Å²) >= 11 is 0. The number of carbonyl (C=O) groups is 2. The van der Waals surface area contributed by atoms with E-state index in [2.05, 4.69) is 9.71 Å². The molecule has 0 aromatic heterocycles. The summed E-state index contributed by atoms with van der Waals surface area (Å²) in [7, 11) is -4.17. The summed E-state index contributed by atoms with van der Waals surface area (Å²) in [6.45, 7) is 0. The van der Waals surface area contributed by atoms with E-state index in [1.54, 1.807) is 0 Å². The molecule has 8 heteroatoms. The van der Waals surface area contributed by atoms with Crippen molar-refractivity contribution in [2.45, 2.75) is 31.7 Å². The lowest BCUT2D eigenvalue weighted by molar-refractivity contribution is -0.132. The summed E-state index contributed by atoms with van der Waals surface area (Å²) in [5.41, 5.74) is -0.578. The quantitative estimate of drug-likeness (QED) is 0.738. The molecule has 0 spiro atoms. The molecule has 2 N–H and O–H groups in total. The van der Waals surface area contributed by atoms with Crippen molar-refractivity contribution in [1.29, 1.82) is 0 Å². The first-order valence-corrected chi connectivity index (χ1v) is 6.94. The van der Waals surface area contributed by atoms with Gasteiger partial charge in [-0.15, -0.1) is 0 Å². The Morgan fingerprint density at radius 2 is 1.94 bits per heavy atom. The van der Waals surface area contributed by atoms with Gasteiger partial charge in [0.2, 0.25) is 0 Å². The van der Waals surface area contributed by atoms with Crippen LogP contribution < -0.4 is 5.32 Å². The lowest BCUT2D eigenvalue weighted by Crippen LogP contribution is -2.35. The molecule has 0 unspecified atom stereocenters. The van der Waals surface area contributed by atoms with Crippen molar-refractivity contribution in [2.24, 2.45) is 4.40 Å². The van der Waals surface area contributed by atoms with Crippen LogP contribution in [0.4, 0.5) is 0 Å². The number of sulfonamides is 1. The fraction of sp³-hybridized carbons (Fsp3) is 0.500. The van der Waals surface area contributed by atoms with Crippen LogP contribution in [0.25, 0.3) is 0 Å². The minimum Gasteiger partial charge on any atom is -0.478 e. The molecule has 1 aliphatic carbocycles. The Hall–Kier alpha value is -1.70. The number of carboxylic acids is 1. The van der Waals surface area contributed by atoms with Gasteiger partial charge in [-0.1, -0.05) is 12.8 Å². The van der Waals surface area contributed by atoms with Gasteiger partial charge < -0.3 is 10.4 Å². The maximum absolute atomic E-state index is 11.8. The third-order valence-corrected chi connectivity index (χ3v) is 4.25. The van der Waals surface area contributed by atoms with Crippen LogP contribution in [-0.2, 0) is 19.6 Å². The molecule has 98 valence electrons. The number of rotatable bonds is 3. The lowest BCUT2D eigenvalue weighted by Gasteiger charge is -2.12. The molecule has 1 amide bonds. The van der Waals surface area contributed by atoms with Crippen LogP contribution in [-0.4, -0.2) is 37.7 Å². The van der Waals surface area contributed by atoms with Crippen molar-refractivity contribution < 1.29 is 23.1 Å². The molecule has 1 fully saturated rings. The average Bonchev–Trinajstić information content (AvgIpc) is 2.84. The van der Waals surface area contributed by atoms with Gasteiger partial charge >= 0.3 is 5.97 Å². The van der Waals surface area contributed by atoms with Crippen LogP contribution >= 0.6 is 0 Å². The number of nitrogens with zero attached hydrogens (tertiary/aromatic N) is 1. The Labute approximate surface area is 104 Å². The van der Waals surface area contributed by atoms with Gasteiger partial charge in [0.15, 0.2) is 4.91 Å². The molecule has 18 heavy (non-hydrogen) atoms. The molecular formula is C10H12N2O5S. The topological polar surface area (TPSA) is 113 Å². The van der Waals surface area contributed by atoms with E-state index >= 15 is 0 Å². The van der Waals surface area contributed by atoms with Crippen LogP contribution in [0.3, 0.4) is 0 Å². The van der Waals surface area contributed by atoms with E-state index in [1.807, 2.05) is 0 Å². The van der Waals surface area contributed by atoms with Crippen LogP contribution in [0.15, 0.2) is 14.9 Å². The Bertz CT molecular complexity index is 555. The number of carboxylic acid groups (broad SMARTS) is 1. The highest BCUT2D eigenvalue weighted by molar-refractivity contribution is 7.95. The predicted molar refractivity (Wildman–Crippen MR) is 62.5 cm³/mol. The molecule has 2 rings (SSSR count). The predicted octanol–water partition coefficient (Wildman–Crippen LogP) is -0.202. The monoisotopic (exact) mass is 272 g/mol. The molecule has 1 aliphatic heterocycles. The van der Waals surface area contributed by atoms with E-state index in [0.717, 1.165) is 25.7 Å². The first-order chi connectivity index (χ1) is 8.42. The van der Waals surface area contributed by atoms with Crippen molar-refractivity contribution in [1.82, 2.24) is 5.32 Å². The summed E-state index contributed by atoms with van der Waals surface area (Å²) in [5, 5.41) is 11.4. The maximum atomic E-state index is 11.8. The van der Waals surface area contributed by atoms with E-state index in [0.29, 0.717) is 6.21 Å². The first-order valence-electron chi connectivity index (χ1n) is 5.50. The number of hydrogen-bond acceptors (Lipinski definition) is 4. The summed E-state index contributed by atoms with van der Waals surface area (Å²) in [6.07, 6.45) is 4.20. The van der Waals surface area contributed by atoms with E-state index < -0.39 is 32.4 Å². The molecule has 0 aromatic carbocycles. The zero-order chi connectivity index (χ0) is 13.3. The van der Waals surface area contributed by atoms with Crippen LogP contribution in [0.2, 0.25) is 0 Å².